The molecule has 0 bridgehead atoms. The third-order valence-electron chi connectivity index (χ3n) is 1.80. The summed E-state index contributed by atoms with van der Waals surface area (Å²) in [5, 5.41) is 12.2. The number of nitrogen functional groups attached to an aromatic ring is 1. The minimum absolute atomic E-state index is 0.0824. The summed E-state index contributed by atoms with van der Waals surface area (Å²) in [6.07, 6.45) is 0. The van der Waals surface area contributed by atoms with Crippen LogP contribution >= 0.6 is 22.9 Å². The van der Waals surface area contributed by atoms with Crippen molar-refractivity contribution in [1.82, 2.24) is 0 Å². The molecule has 6 heteroatoms. The first kappa shape index (κ1) is 9.23. The van der Waals surface area contributed by atoms with Crippen molar-refractivity contribution in [1.29, 1.82) is 0 Å². The van der Waals surface area contributed by atoms with Gasteiger partial charge in [-0.1, -0.05) is 11.6 Å². The van der Waals surface area contributed by atoms with E-state index >= 15 is 0 Å². The second-order valence-corrected chi connectivity index (χ2v) is 4.27. The highest BCUT2D eigenvalue weighted by Gasteiger charge is 2.14. The molecular formula is C8H5ClN2O2S. The quantitative estimate of drug-likeness (QED) is 0.602. The normalized spacial score (nSPS) is 10.6. The molecule has 14 heavy (non-hydrogen) atoms. The summed E-state index contributed by atoms with van der Waals surface area (Å²) < 4.78 is 0.776. The molecule has 0 fully saturated rings. The molecule has 2 aromatic rings. The molecule has 0 unspecified atom stereocenters. The molecule has 4 nitrogen and oxygen atoms in total. The van der Waals surface area contributed by atoms with Crippen molar-refractivity contribution in [3.63, 3.8) is 0 Å². The van der Waals surface area contributed by atoms with E-state index in [1.54, 1.807) is 12.1 Å². The second-order valence-electron chi connectivity index (χ2n) is 2.75. The molecule has 2 rings (SSSR count). The zero-order chi connectivity index (χ0) is 10.3. The lowest BCUT2D eigenvalue weighted by atomic mass is 10.2. The van der Waals surface area contributed by atoms with Gasteiger partial charge in [0.2, 0.25) is 0 Å². The van der Waals surface area contributed by atoms with Gasteiger partial charge in [0.05, 0.1) is 9.92 Å². The maximum atomic E-state index is 10.6. The van der Waals surface area contributed by atoms with E-state index < -0.39 is 4.92 Å². The Balaban J connectivity index is 2.76. The van der Waals surface area contributed by atoms with Crippen molar-refractivity contribution < 1.29 is 4.92 Å². The lowest BCUT2D eigenvalue weighted by Crippen LogP contribution is -1.87. The van der Waals surface area contributed by atoms with E-state index in [4.69, 9.17) is 17.3 Å². The van der Waals surface area contributed by atoms with Gasteiger partial charge in [-0.2, -0.15) is 0 Å². The van der Waals surface area contributed by atoms with Crippen molar-refractivity contribution in [2.45, 2.75) is 0 Å². The van der Waals surface area contributed by atoms with Crippen LogP contribution in [0.4, 0.5) is 10.7 Å². The highest BCUT2D eigenvalue weighted by molar-refractivity contribution is 7.22. The van der Waals surface area contributed by atoms with Crippen molar-refractivity contribution in [3.05, 3.63) is 33.3 Å². The number of nitrogens with two attached hydrogens (primary N) is 1. The molecule has 0 spiro atoms. The van der Waals surface area contributed by atoms with E-state index in [1.165, 1.54) is 17.4 Å². The molecule has 0 aliphatic rings. The molecule has 0 radical (unpaired) electrons. The van der Waals surface area contributed by atoms with Crippen molar-refractivity contribution in [2.75, 3.05) is 5.73 Å². The molecule has 1 aromatic heterocycles. The number of anilines is 1. The predicted molar refractivity (Wildman–Crippen MR) is 57.9 cm³/mol. The van der Waals surface area contributed by atoms with Crippen LogP contribution in [0.5, 0.6) is 0 Å². The first-order valence-electron chi connectivity index (χ1n) is 3.71. The molecular weight excluding hydrogens is 224 g/mol. The van der Waals surface area contributed by atoms with E-state index in [1.807, 2.05) is 0 Å². The van der Waals surface area contributed by atoms with Crippen LogP contribution in [-0.2, 0) is 0 Å². The number of hydrogen-bond donors (Lipinski definition) is 1. The third kappa shape index (κ3) is 1.40. The number of nitro groups is 1. The van der Waals surface area contributed by atoms with Crippen LogP contribution in [-0.4, -0.2) is 4.92 Å². The Bertz CT molecular complexity index is 523. The zero-order valence-corrected chi connectivity index (χ0v) is 8.43. The first-order chi connectivity index (χ1) is 6.58. The van der Waals surface area contributed by atoms with E-state index in [-0.39, 0.29) is 10.7 Å². The predicted octanol–water partition coefficient (Wildman–Crippen LogP) is 3.05. The molecule has 0 aliphatic heterocycles. The summed E-state index contributed by atoms with van der Waals surface area (Å²) >= 11 is 7.04. The fourth-order valence-electron chi connectivity index (χ4n) is 1.21. The number of nitrogens with zero attached hydrogens (tertiary/aromatic N) is 1. The topological polar surface area (TPSA) is 69.2 Å². The molecule has 0 atom stereocenters. The summed E-state index contributed by atoms with van der Waals surface area (Å²) in [6.45, 7) is 0. The van der Waals surface area contributed by atoms with Crippen LogP contribution in [0.2, 0.25) is 5.02 Å². The number of rotatable bonds is 1. The fraction of sp³-hybridized carbons (Fsp3) is 0. The van der Waals surface area contributed by atoms with Crippen LogP contribution < -0.4 is 5.73 Å². The monoisotopic (exact) mass is 228 g/mol. The lowest BCUT2D eigenvalue weighted by molar-refractivity contribution is -0.384. The van der Waals surface area contributed by atoms with Gasteiger partial charge >= 0.3 is 0 Å². The minimum Gasteiger partial charge on any atom is -0.391 e. The highest BCUT2D eigenvalue weighted by atomic mass is 35.5. The van der Waals surface area contributed by atoms with Gasteiger partial charge in [0.25, 0.3) is 5.69 Å². The summed E-state index contributed by atoms with van der Waals surface area (Å²) in [7, 11) is 0. The molecule has 2 N–H and O–H groups in total. The van der Waals surface area contributed by atoms with Crippen LogP contribution in [0, 0.1) is 10.1 Å². The van der Waals surface area contributed by atoms with Gasteiger partial charge < -0.3 is 5.73 Å². The van der Waals surface area contributed by atoms with E-state index in [0.717, 1.165) is 10.1 Å². The number of halogens is 1. The van der Waals surface area contributed by atoms with E-state index in [0.29, 0.717) is 5.00 Å². The minimum atomic E-state index is -0.502. The standard InChI is InChI=1S/C8H5ClN2O2S/c9-5-1-4-2-8(10)14-7(4)3-6(5)11(12)13/h1-3H,10H2. The smallest absolute Gasteiger partial charge is 0.289 e. The molecule has 1 heterocycles. The van der Waals surface area contributed by atoms with Gasteiger partial charge in [0, 0.05) is 10.8 Å². The van der Waals surface area contributed by atoms with E-state index in [2.05, 4.69) is 0 Å². The van der Waals surface area contributed by atoms with Crippen LogP contribution in [0.1, 0.15) is 0 Å². The molecule has 0 amide bonds. The summed E-state index contributed by atoms with van der Waals surface area (Å²) in [4.78, 5) is 10.1. The average Bonchev–Trinajstić information content (AvgIpc) is 2.42. The Morgan fingerprint density at radius 3 is 2.79 bits per heavy atom. The average molecular weight is 229 g/mol. The number of nitro benzene ring substituents is 1. The Morgan fingerprint density at radius 1 is 1.43 bits per heavy atom. The maximum Gasteiger partial charge on any atom is 0.289 e. The highest BCUT2D eigenvalue weighted by Crippen LogP contribution is 2.35. The second kappa shape index (κ2) is 3.11. The van der Waals surface area contributed by atoms with Crippen molar-refractivity contribution in [3.8, 4) is 0 Å². The maximum absolute atomic E-state index is 10.6. The Labute approximate surface area is 88.0 Å². The van der Waals surface area contributed by atoms with Gasteiger partial charge in [0.15, 0.2) is 0 Å². The number of thiophene rings is 1. The third-order valence-corrected chi connectivity index (χ3v) is 3.03. The zero-order valence-electron chi connectivity index (χ0n) is 6.86. The Hall–Kier alpha value is -1.33. The van der Waals surface area contributed by atoms with Crippen LogP contribution in [0.25, 0.3) is 10.1 Å². The van der Waals surface area contributed by atoms with Crippen molar-refractivity contribution >= 4 is 43.7 Å². The number of hydrogen-bond acceptors (Lipinski definition) is 4. The Morgan fingerprint density at radius 2 is 2.14 bits per heavy atom. The summed E-state index contributed by atoms with van der Waals surface area (Å²) in [6, 6.07) is 4.75. The lowest BCUT2D eigenvalue weighted by Gasteiger charge is -1.94. The Kier molecular flexibility index (Phi) is 2.05. The fourth-order valence-corrected chi connectivity index (χ4v) is 2.30. The van der Waals surface area contributed by atoms with Gasteiger partial charge in [-0.15, -0.1) is 11.3 Å². The van der Waals surface area contributed by atoms with Gasteiger partial charge in [-0.3, -0.25) is 10.1 Å². The summed E-state index contributed by atoms with van der Waals surface area (Å²) in [5.74, 6) is 0. The van der Waals surface area contributed by atoms with Gasteiger partial charge in [-0.05, 0) is 17.5 Å². The van der Waals surface area contributed by atoms with Crippen LogP contribution in [0.3, 0.4) is 0 Å². The molecule has 0 aliphatic carbocycles. The van der Waals surface area contributed by atoms with Gasteiger partial charge in [-0.25, -0.2) is 0 Å². The number of benzene rings is 1. The number of fused-ring (bicyclic) bond motifs is 1. The largest absolute Gasteiger partial charge is 0.391 e. The molecule has 72 valence electrons. The SMILES string of the molecule is Nc1cc2cc(Cl)c([N+](=O)[O-])cc2s1. The van der Waals surface area contributed by atoms with Crippen LogP contribution in [0.15, 0.2) is 18.2 Å². The van der Waals surface area contributed by atoms with E-state index in [9.17, 15) is 10.1 Å². The summed E-state index contributed by atoms with van der Waals surface area (Å²) in [5.41, 5.74) is 5.49. The molecule has 0 saturated heterocycles. The molecule has 1 aromatic carbocycles. The first-order valence-corrected chi connectivity index (χ1v) is 4.90. The van der Waals surface area contributed by atoms with Crippen molar-refractivity contribution in [2.24, 2.45) is 0 Å². The molecule has 0 saturated carbocycles. The van der Waals surface area contributed by atoms with Gasteiger partial charge in [0.1, 0.15) is 5.02 Å².